The molecule has 0 aliphatic rings. The summed E-state index contributed by atoms with van der Waals surface area (Å²) in [5.74, 6) is -0.344. The molecule has 0 aliphatic carbocycles. The van der Waals surface area contributed by atoms with E-state index in [4.69, 9.17) is 17.4 Å². The fourth-order valence-corrected chi connectivity index (χ4v) is 1.69. The molecule has 0 aliphatic heterocycles. The summed E-state index contributed by atoms with van der Waals surface area (Å²) in [5, 5.41) is 3.45. The number of nitrogens with one attached hydrogen (secondary N) is 1. The Hall–Kier alpha value is -0.550. The molecule has 0 atom stereocenters. The first-order valence-electron chi connectivity index (χ1n) is 5.58. The Kier molecular flexibility index (Phi) is 9.10. The monoisotopic (exact) mass is 273 g/mol. The van der Waals surface area contributed by atoms with Gasteiger partial charge in [0.2, 0.25) is 0 Å². The third kappa shape index (κ3) is 5.40. The summed E-state index contributed by atoms with van der Waals surface area (Å²) in [7, 11) is 0. The van der Waals surface area contributed by atoms with Crippen LogP contribution in [0.15, 0.2) is 40.9 Å². The molecule has 0 heterocycles. The number of hydrogen-bond donors (Lipinski definition) is 1. The molecule has 1 N–H and O–H groups in total. The summed E-state index contributed by atoms with van der Waals surface area (Å²) in [4.78, 5) is 11.6. The number of carbonyl (C=O) groups is 1. The first kappa shape index (κ1) is 17.4. The molecule has 0 amide bonds. The van der Waals surface area contributed by atoms with E-state index in [1.807, 2.05) is 37.3 Å². The van der Waals surface area contributed by atoms with E-state index < -0.39 is 0 Å². The molecule has 1 aromatic carbocycles. The smallest absolute Gasteiger partial charge is 0.762 e. The number of rotatable bonds is 5. The molecule has 0 radical (unpaired) electrons. The molecule has 1 rings (SSSR count). The van der Waals surface area contributed by atoms with Gasteiger partial charge in [-0.25, -0.2) is 4.79 Å². The maximum absolute atomic E-state index is 11.6. The Labute approximate surface area is 136 Å². The van der Waals surface area contributed by atoms with Crippen LogP contribution >= 0.6 is 0 Å². The van der Waals surface area contributed by atoms with Crippen molar-refractivity contribution >= 4 is 24.3 Å². The van der Waals surface area contributed by atoms with Crippen molar-refractivity contribution in [3.8, 4) is 0 Å². The van der Waals surface area contributed by atoms with E-state index >= 15 is 0 Å². The minimum atomic E-state index is -0.344. The summed E-state index contributed by atoms with van der Waals surface area (Å²) < 4.78 is 4.95. The Morgan fingerprint density at radius 3 is 2.39 bits per heavy atom. The van der Waals surface area contributed by atoms with Crippen LogP contribution in [0, 0.1) is 0 Å². The number of ether oxygens (including phenoxy) is 1. The van der Waals surface area contributed by atoms with Crippen LogP contribution < -0.4 is 34.9 Å². The van der Waals surface area contributed by atoms with Crippen molar-refractivity contribution in [1.29, 1.82) is 0 Å². The van der Waals surface area contributed by atoms with Crippen molar-refractivity contribution < 1.29 is 39.1 Å². The Morgan fingerprint density at radius 2 is 1.89 bits per heavy atom. The van der Waals surface area contributed by atoms with Crippen LogP contribution in [0.25, 0.3) is 0 Å². The third-order valence-corrected chi connectivity index (χ3v) is 2.53. The van der Waals surface area contributed by atoms with E-state index in [2.05, 4.69) is 5.32 Å². The van der Waals surface area contributed by atoms with Crippen molar-refractivity contribution in [2.75, 3.05) is 11.9 Å². The topological polar surface area (TPSA) is 38.3 Å². The number of para-hydroxylation sites is 1. The van der Waals surface area contributed by atoms with Gasteiger partial charge in [-0.3, -0.25) is 0 Å². The first-order chi connectivity index (χ1) is 8.19. The van der Waals surface area contributed by atoms with E-state index in [9.17, 15) is 4.79 Å². The number of anilines is 1. The van der Waals surface area contributed by atoms with Crippen LogP contribution in [0.4, 0.5) is 5.69 Å². The molecule has 0 spiro atoms. The van der Waals surface area contributed by atoms with Gasteiger partial charge in [-0.2, -0.15) is 0 Å². The zero-order chi connectivity index (χ0) is 12.7. The van der Waals surface area contributed by atoms with Crippen molar-refractivity contribution in [2.45, 2.75) is 20.3 Å². The van der Waals surface area contributed by atoms with E-state index in [1.54, 1.807) is 6.92 Å². The molecular formula is C13H16NNaO2S. The van der Waals surface area contributed by atoms with Crippen LogP contribution in [-0.2, 0) is 22.2 Å². The summed E-state index contributed by atoms with van der Waals surface area (Å²) in [6, 6.07) is 9.52. The van der Waals surface area contributed by atoms with Gasteiger partial charge in [0.05, 0.1) is 6.61 Å². The van der Waals surface area contributed by atoms with Gasteiger partial charge < -0.3 is 22.7 Å². The number of esters is 1. The van der Waals surface area contributed by atoms with Crippen LogP contribution in [0.1, 0.15) is 20.3 Å². The molecule has 0 saturated carbocycles. The fourth-order valence-electron chi connectivity index (χ4n) is 1.34. The summed E-state index contributed by atoms with van der Waals surface area (Å²) in [6.07, 6.45) is 0.553. The van der Waals surface area contributed by atoms with E-state index in [0.29, 0.717) is 23.6 Å². The van der Waals surface area contributed by atoms with Crippen molar-refractivity contribution in [3.05, 3.63) is 40.9 Å². The summed E-state index contributed by atoms with van der Waals surface area (Å²) in [6.45, 7) is 4.01. The number of carbonyl (C=O) groups excluding carboxylic acids is 1. The largest absolute Gasteiger partial charge is 1.00 e. The molecule has 1 aromatic rings. The molecule has 5 heteroatoms. The van der Waals surface area contributed by atoms with Crippen LogP contribution in [0.2, 0.25) is 0 Å². The first-order valence-corrected chi connectivity index (χ1v) is 5.99. The second-order valence-corrected chi connectivity index (χ2v) is 3.78. The predicted octanol–water partition coefficient (Wildman–Crippen LogP) is -0.166. The Morgan fingerprint density at radius 1 is 1.28 bits per heavy atom. The molecule has 0 aromatic heterocycles. The van der Waals surface area contributed by atoms with Crippen molar-refractivity contribution in [2.24, 2.45) is 0 Å². The van der Waals surface area contributed by atoms with E-state index in [0.717, 1.165) is 5.69 Å². The summed E-state index contributed by atoms with van der Waals surface area (Å²) >= 11 is 5.20. The average molecular weight is 273 g/mol. The van der Waals surface area contributed by atoms with Gasteiger partial charge in [0.1, 0.15) is 0 Å². The molecule has 0 bridgehead atoms. The van der Waals surface area contributed by atoms with Gasteiger partial charge in [0.15, 0.2) is 0 Å². The van der Waals surface area contributed by atoms with Crippen molar-refractivity contribution in [3.63, 3.8) is 0 Å². The van der Waals surface area contributed by atoms with Gasteiger partial charge in [-0.1, -0.05) is 30.2 Å². The fraction of sp³-hybridized carbons (Fsp3) is 0.308. The Bertz CT molecular complexity index is 407. The minimum absolute atomic E-state index is 0. The maximum Gasteiger partial charge on any atom is 1.00 e. The van der Waals surface area contributed by atoms with Gasteiger partial charge in [0.25, 0.3) is 0 Å². The molecule has 92 valence electrons. The van der Waals surface area contributed by atoms with E-state index in [-0.39, 0.29) is 35.5 Å². The minimum Gasteiger partial charge on any atom is -0.762 e. The van der Waals surface area contributed by atoms with Crippen LogP contribution in [0.3, 0.4) is 0 Å². The second-order valence-electron chi connectivity index (χ2n) is 3.37. The standard InChI is InChI=1S/C13H17NO2S.Na/c1-3-11(13(15)16-4-2)12(17)14-10-8-6-5-7-9-10;/h5-9,14,17H,3-4H2,1-2H3;/q;+1/p-1/b12-11-;. The molecule has 0 fully saturated rings. The van der Waals surface area contributed by atoms with E-state index in [1.165, 1.54) is 0 Å². The SMILES string of the molecule is CCOC(=O)/C(CC)=C(\[S-])Nc1ccccc1.[Na+]. The maximum atomic E-state index is 11.6. The predicted molar refractivity (Wildman–Crippen MR) is 71.4 cm³/mol. The second kappa shape index (κ2) is 9.39. The van der Waals surface area contributed by atoms with Gasteiger partial charge >= 0.3 is 35.5 Å². The zero-order valence-electron chi connectivity index (χ0n) is 11.0. The summed E-state index contributed by atoms with van der Waals surface area (Å²) in [5.41, 5.74) is 1.37. The van der Waals surface area contributed by atoms with Crippen LogP contribution in [0.5, 0.6) is 0 Å². The quantitative estimate of drug-likeness (QED) is 0.350. The molecule has 0 unspecified atom stereocenters. The van der Waals surface area contributed by atoms with Crippen molar-refractivity contribution in [1.82, 2.24) is 0 Å². The number of hydrogen-bond acceptors (Lipinski definition) is 4. The Balaban J connectivity index is 0.00000289. The van der Waals surface area contributed by atoms with Gasteiger partial charge in [-0.05, 0) is 25.5 Å². The third-order valence-electron chi connectivity index (χ3n) is 2.18. The average Bonchev–Trinajstić information content (AvgIpc) is 2.31. The normalized spacial score (nSPS) is 11.0. The molecule has 0 saturated heterocycles. The van der Waals surface area contributed by atoms with Crippen LogP contribution in [-0.4, -0.2) is 12.6 Å². The molecule has 18 heavy (non-hydrogen) atoms. The van der Waals surface area contributed by atoms with Gasteiger partial charge in [0, 0.05) is 11.3 Å². The number of benzene rings is 1. The van der Waals surface area contributed by atoms with Gasteiger partial charge in [-0.15, -0.1) is 0 Å². The zero-order valence-corrected chi connectivity index (χ0v) is 13.8. The molecule has 3 nitrogen and oxygen atoms in total. The molecular weight excluding hydrogens is 257 g/mol.